The number of ether oxygens (including phenoxy) is 2. The molecule has 174 valence electrons. The molecule has 0 aliphatic carbocycles. The lowest BCUT2D eigenvalue weighted by Crippen LogP contribution is -2.45. The van der Waals surface area contributed by atoms with Gasteiger partial charge in [-0.15, -0.1) is 0 Å². The van der Waals surface area contributed by atoms with E-state index in [1.165, 1.54) is 6.26 Å². The fourth-order valence-corrected chi connectivity index (χ4v) is 6.39. The van der Waals surface area contributed by atoms with Crippen LogP contribution in [0.3, 0.4) is 0 Å². The number of nitrogens with zero attached hydrogens (tertiary/aromatic N) is 2. The van der Waals surface area contributed by atoms with Crippen LogP contribution < -0.4 is 4.74 Å². The fraction of sp³-hybridized carbons (Fsp3) is 0.455. The number of rotatable bonds is 6. The van der Waals surface area contributed by atoms with Gasteiger partial charge in [-0.1, -0.05) is 24.3 Å². The Morgan fingerprint density at radius 2 is 1.62 bits per heavy atom. The van der Waals surface area contributed by atoms with Gasteiger partial charge in [-0.3, -0.25) is 4.90 Å². The second-order valence-electron chi connectivity index (χ2n) is 8.30. The van der Waals surface area contributed by atoms with E-state index in [-0.39, 0.29) is 35.9 Å². The summed E-state index contributed by atoms with van der Waals surface area (Å²) in [5.41, 5.74) is 1.86. The maximum Gasteiger partial charge on any atom is 0.217 e. The molecule has 0 amide bonds. The summed E-state index contributed by atoms with van der Waals surface area (Å²) in [6.45, 7) is 2.23. The Bertz CT molecular complexity index is 1150. The van der Waals surface area contributed by atoms with E-state index in [4.69, 9.17) is 9.47 Å². The van der Waals surface area contributed by atoms with Crippen LogP contribution in [0.2, 0.25) is 0 Å². The van der Waals surface area contributed by atoms with Gasteiger partial charge in [0.25, 0.3) is 0 Å². The molecule has 10 heteroatoms. The number of sulfonamides is 1. The van der Waals surface area contributed by atoms with E-state index in [2.05, 4.69) is 4.90 Å². The van der Waals surface area contributed by atoms with E-state index in [1.807, 2.05) is 24.3 Å². The van der Waals surface area contributed by atoms with Gasteiger partial charge >= 0.3 is 0 Å². The van der Waals surface area contributed by atoms with Crippen molar-refractivity contribution in [1.82, 2.24) is 9.21 Å². The first-order valence-electron chi connectivity index (χ1n) is 10.4. The Balaban J connectivity index is 1.51. The lowest BCUT2D eigenvalue weighted by molar-refractivity contribution is 0.0458. The Morgan fingerprint density at radius 3 is 2.25 bits per heavy atom. The highest BCUT2D eigenvalue weighted by Crippen LogP contribution is 2.28. The molecule has 0 radical (unpaired) electrons. The van der Waals surface area contributed by atoms with Gasteiger partial charge in [0.2, 0.25) is 10.0 Å². The van der Waals surface area contributed by atoms with Crippen molar-refractivity contribution < 1.29 is 26.3 Å². The van der Waals surface area contributed by atoms with E-state index in [9.17, 15) is 16.8 Å². The van der Waals surface area contributed by atoms with Gasteiger partial charge in [0.05, 0.1) is 36.5 Å². The van der Waals surface area contributed by atoms with Gasteiger partial charge in [-0.05, 0) is 35.4 Å². The van der Waals surface area contributed by atoms with Crippen LogP contribution in [0.1, 0.15) is 11.1 Å². The summed E-state index contributed by atoms with van der Waals surface area (Å²) < 4.78 is 62.1. The number of methoxy groups -OCH3 is 1. The summed E-state index contributed by atoms with van der Waals surface area (Å²) in [5.74, 6) is 0.700. The van der Waals surface area contributed by atoms with Gasteiger partial charge in [-0.25, -0.2) is 16.8 Å². The van der Waals surface area contributed by atoms with Crippen molar-refractivity contribution in [3.05, 3.63) is 59.7 Å². The van der Waals surface area contributed by atoms with Gasteiger partial charge in [0, 0.05) is 32.4 Å². The molecule has 2 aliphatic heterocycles. The highest BCUT2D eigenvalue weighted by molar-refractivity contribution is 7.90. The van der Waals surface area contributed by atoms with Crippen LogP contribution in [0, 0.1) is 0 Å². The molecule has 8 nitrogen and oxygen atoms in total. The molecule has 2 saturated heterocycles. The number of hydrogen-bond acceptors (Lipinski definition) is 7. The smallest absolute Gasteiger partial charge is 0.217 e. The lowest BCUT2D eigenvalue weighted by Gasteiger charge is -2.28. The molecule has 2 aliphatic rings. The average Bonchev–Trinajstić information content (AvgIpc) is 3.09. The van der Waals surface area contributed by atoms with Crippen LogP contribution in [0.25, 0.3) is 0 Å². The molecule has 32 heavy (non-hydrogen) atoms. The molecule has 0 saturated carbocycles. The minimum absolute atomic E-state index is 0.0247. The summed E-state index contributed by atoms with van der Waals surface area (Å²) in [6, 6.07) is 14.0. The normalized spacial score (nSPS) is 24.1. The van der Waals surface area contributed by atoms with Gasteiger partial charge < -0.3 is 9.47 Å². The third kappa shape index (κ3) is 5.15. The first kappa shape index (κ1) is 23.2. The summed E-state index contributed by atoms with van der Waals surface area (Å²) in [4.78, 5) is 2.44. The van der Waals surface area contributed by atoms with Gasteiger partial charge in [0.1, 0.15) is 5.75 Å². The molecule has 2 heterocycles. The predicted octanol–water partition coefficient (Wildman–Crippen LogP) is 1.51. The SMILES string of the molecule is COc1ccc(CN2[C@@H]3CN(Cc4ccc(S(C)(=O)=O)cc4)C[C@@H]3OCCS2(=O)=O)cc1. The quantitative estimate of drug-likeness (QED) is 0.619. The monoisotopic (exact) mass is 480 g/mol. The second-order valence-corrected chi connectivity index (χ2v) is 12.4. The van der Waals surface area contributed by atoms with Gasteiger partial charge in [0.15, 0.2) is 9.84 Å². The number of hydrogen-bond donors (Lipinski definition) is 0. The molecule has 4 rings (SSSR count). The minimum atomic E-state index is -3.46. The van der Waals surface area contributed by atoms with Crippen molar-refractivity contribution in [3.63, 3.8) is 0 Å². The summed E-state index contributed by atoms with van der Waals surface area (Å²) in [6.07, 6.45) is 0.978. The number of fused-ring (bicyclic) bond motifs is 1. The van der Waals surface area contributed by atoms with E-state index in [0.29, 0.717) is 19.6 Å². The Morgan fingerprint density at radius 1 is 1.00 bits per heavy atom. The van der Waals surface area contributed by atoms with E-state index >= 15 is 0 Å². The summed E-state index contributed by atoms with van der Waals surface area (Å²) in [7, 11) is -5.10. The predicted molar refractivity (Wildman–Crippen MR) is 121 cm³/mol. The van der Waals surface area contributed by atoms with Crippen molar-refractivity contribution in [2.75, 3.05) is 38.8 Å². The van der Waals surface area contributed by atoms with Crippen LogP contribution in [0.15, 0.2) is 53.4 Å². The highest BCUT2D eigenvalue weighted by Gasteiger charge is 2.44. The van der Waals surface area contributed by atoms with E-state index in [0.717, 1.165) is 16.9 Å². The molecular formula is C22H28N2O6S2. The maximum atomic E-state index is 13.0. The number of benzene rings is 2. The van der Waals surface area contributed by atoms with Crippen LogP contribution in [-0.4, -0.2) is 77.0 Å². The molecular weight excluding hydrogens is 452 g/mol. The Kier molecular flexibility index (Phi) is 6.60. The second kappa shape index (κ2) is 9.11. The first-order valence-corrected chi connectivity index (χ1v) is 13.9. The molecule has 0 unspecified atom stereocenters. The average molecular weight is 481 g/mol. The van der Waals surface area contributed by atoms with Crippen molar-refractivity contribution in [1.29, 1.82) is 0 Å². The molecule has 2 fully saturated rings. The van der Waals surface area contributed by atoms with Crippen LogP contribution in [0.4, 0.5) is 0 Å². The summed E-state index contributed by atoms with van der Waals surface area (Å²) in [5, 5.41) is 0. The van der Waals surface area contributed by atoms with Crippen molar-refractivity contribution >= 4 is 19.9 Å². The van der Waals surface area contributed by atoms with Crippen LogP contribution in [0.5, 0.6) is 5.75 Å². The lowest BCUT2D eigenvalue weighted by atomic mass is 10.1. The Labute approximate surface area is 189 Å². The van der Waals surface area contributed by atoms with Crippen molar-refractivity contribution in [2.45, 2.75) is 30.1 Å². The molecule has 0 N–H and O–H groups in total. The fourth-order valence-electron chi connectivity index (χ4n) is 4.26. The number of likely N-dealkylation sites (tertiary alicyclic amines) is 1. The molecule has 0 aromatic heterocycles. The molecule has 2 aromatic carbocycles. The van der Waals surface area contributed by atoms with Crippen molar-refractivity contribution in [2.24, 2.45) is 0 Å². The zero-order valence-corrected chi connectivity index (χ0v) is 19.8. The third-order valence-electron chi connectivity index (χ3n) is 5.97. The molecule has 2 aromatic rings. The van der Waals surface area contributed by atoms with E-state index in [1.54, 1.807) is 35.7 Å². The zero-order chi connectivity index (χ0) is 22.9. The zero-order valence-electron chi connectivity index (χ0n) is 18.2. The molecule has 2 atom stereocenters. The topological polar surface area (TPSA) is 93.2 Å². The minimum Gasteiger partial charge on any atom is -0.497 e. The van der Waals surface area contributed by atoms with Crippen molar-refractivity contribution in [3.8, 4) is 5.75 Å². The van der Waals surface area contributed by atoms with Crippen LogP contribution in [-0.2, 0) is 37.7 Å². The number of sulfone groups is 1. The standard InChI is InChI=1S/C22H28N2O6S2/c1-29-19-7-3-18(4-8-19)14-24-21-15-23(16-22(21)30-11-12-32(24,27)28)13-17-5-9-20(10-6-17)31(2,25)26/h3-10,21-22H,11-16H2,1-2H3/t21-,22+/m1/s1. The molecule has 0 spiro atoms. The van der Waals surface area contributed by atoms with E-state index < -0.39 is 19.9 Å². The van der Waals surface area contributed by atoms with Gasteiger partial charge in [-0.2, -0.15) is 4.31 Å². The molecule has 0 bridgehead atoms. The largest absolute Gasteiger partial charge is 0.497 e. The Hall–Kier alpha value is -1.98. The van der Waals surface area contributed by atoms with Crippen LogP contribution >= 0.6 is 0 Å². The highest BCUT2D eigenvalue weighted by atomic mass is 32.2. The maximum absolute atomic E-state index is 13.0. The first-order chi connectivity index (χ1) is 15.2. The summed E-state index contributed by atoms with van der Waals surface area (Å²) >= 11 is 0. The third-order valence-corrected chi connectivity index (χ3v) is 8.89.